The zero-order valence-electron chi connectivity index (χ0n) is 12.3. The Morgan fingerprint density at radius 1 is 1.20 bits per heavy atom. The molecule has 0 saturated heterocycles. The van der Waals surface area contributed by atoms with Crippen LogP contribution >= 0.6 is 0 Å². The molecule has 2 N–H and O–H groups in total. The van der Waals surface area contributed by atoms with E-state index in [1.807, 2.05) is 23.9 Å². The van der Waals surface area contributed by atoms with E-state index < -0.39 is 0 Å². The van der Waals surface area contributed by atoms with Crippen molar-refractivity contribution < 1.29 is 0 Å². The zero-order valence-corrected chi connectivity index (χ0v) is 12.3. The molecule has 20 heavy (non-hydrogen) atoms. The summed E-state index contributed by atoms with van der Waals surface area (Å²) < 4.78 is 1.88. The first-order valence-corrected chi connectivity index (χ1v) is 7.43. The molecule has 0 bridgehead atoms. The van der Waals surface area contributed by atoms with E-state index in [2.05, 4.69) is 18.1 Å². The molecule has 1 saturated carbocycles. The number of benzene rings is 1. The Kier molecular flexibility index (Phi) is 3.47. The average molecular weight is 270 g/mol. The molecule has 0 amide bonds. The first-order chi connectivity index (χ1) is 9.66. The van der Waals surface area contributed by atoms with Crippen molar-refractivity contribution in [2.45, 2.75) is 44.9 Å². The lowest BCUT2D eigenvalue weighted by molar-refractivity contribution is 0.427. The number of nitrogens with two attached hydrogens (primary N) is 1. The van der Waals surface area contributed by atoms with E-state index in [1.165, 1.54) is 32.1 Å². The minimum absolute atomic E-state index is 0.522. The van der Waals surface area contributed by atoms with Crippen LogP contribution in [0, 0.1) is 6.92 Å². The molecule has 1 fully saturated rings. The Hall–Kier alpha value is -1.84. The summed E-state index contributed by atoms with van der Waals surface area (Å²) in [6.07, 6.45) is 6.37. The number of anilines is 1. The van der Waals surface area contributed by atoms with Crippen LogP contribution in [0.5, 0.6) is 0 Å². The second-order valence-corrected chi connectivity index (χ2v) is 5.79. The Morgan fingerprint density at radius 2 is 1.95 bits per heavy atom. The molecule has 1 aromatic carbocycles. The predicted octanol–water partition coefficient (Wildman–Crippen LogP) is 3.42. The highest BCUT2D eigenvalue weighted by atomic mass is 15.3. The summed E-state index contributed by atoms with van der Waals surface area (Å²) in [7, 11) is 1.96. The average Bonchev–Trinajstić information content (AvgIpc) is 2.82. The molecule has 3 rings (SSSR count). The summed E-state index contributed by atoms with van der Waals surface area (Å²) in [5, 5.41) is 4.64. The van der Waals surface area contributed by atoms with Crippen LogP contribution in [0.15, 0.2) is 18.2 Å². The minimum atomic E-state index is 0.522. The molecular weight excluding hydrogens is 248 g/mol. The van der Waals surface area contributed by atoms with Gasteiger partial charge in [0, 0.05) is 24.2 Å². The smallest absolute Gasteiger partial charge is 0.160 e. The van der Waals surface area contributed by atoms with Crippen LogP contribution in [0.3, 0.4) is 0 Å². The molecule has 0 atom stereocenters. The van der Waals surface area contributed by atoms with Crippen molar-refractivity contribution in [1.29, 1.82) is 0 Å². The molecule has 0 spiro atoms. The van der Waals surface area contributed by atoms with E-state index in [1.54, 1.807) is 0 Å². The number of aromatic nitrogens is 3. The fourth-order valence-electron chi connectivity index (χ4n) is 3.15. The van der Waals surface area contributed by atoms with Crippen molar-refractivity contribution in [2.75, 3.05) is 5.73 Å². The maximum Gasteiger partial charge on any atom is 0.160 e. The van der Waals surface area contributed by atoms with Crippen LogP contribution in [-0.2, 0) is 7.05 Å². The number of aryl methyl sites for hydroxylation is 2. The van der Waals surface area contributed by atoms with Crippen molar-refractivity contribution in [2.24, 2.45) is 7.05 Å². The van der Waals surface area contributed by atoms with Gasteiger partial charge in [-0.2, -0.15) is 5.10 Å². The fourth-order valence-corrected chi connectivity index (χ4v) is 3.15. The van der Waals surface area contributed by atoms with E-state index >= 15 is 0 Å². The van der Waals surface area contributed by atoms with Gasteiger partial charge in [-0.25, -0.2) is 9.67 Å². The summed E-state index contributed by atoms with van der Waals surface area (Å²) in [6, 6.07) is 5.98. The first-order valence-electron chi connectivity index (χ1n) is 7.43. The Bertz CT molecular complexity index is 589. The SMILES string of the molecule is Cc1cccc(N)c1-c1nc(C2CCCCC2)nn1C. The maximum absolute atomic E-state index is 6.13. The molecule has 1 aliphatic rings. The molecule has 4 nitrogen and oxygen atoms in total. The van der Waals surface area contributed by atoms with Crippen molar-refractivity contribution >= 4 is 5.69 Å². The lowest BCUT2D eigenvalue weighted by Gasteiger charge is -2.18. The molecule has 4 heteroatoms. The molecule has 2 aromatic rings. The summed E-state index contributed by atoms with van der Waals surface area (Å²) in [4.78, 5) is 4.80. The predicted molar refractivity (Wildman–Crippen MR) is 81.4 cm³/mol. The molecule has 106 valence electrons. The molecule has 1 aliphatic carbocycles. The summed E-state index contributed by atoms with van der Waals surface area (Å²) >= 11 is 0. The second kappa shape index (κ2) is 5.27. The van der Waals surface area contributed by atoms with Gasteiger partial charge in [0.05, 0.1) is 0 Å². The Balaban J connectivity index is 2.00. The van der Waals surface area contributed by atoms with Crippen LogP contribution in [0.1, 0.15) is 49.4 Å². The molecule has 1 heterocycles. The third kappa shape index (κ3) is 2.30. The standard InChI is InChI=1S/C16H22N4/c1-11-7-6-10-13(17)14(11)16-18-15(19-20(16)2)12-8-4-3-5-9-12/h6-7,10,12H,3-5,8-9,17H2,1-2H3. The van der Waals surface area contributed by atoms with Gasteiger partial charge in [0.25, 0.3) is 0 Å². The van der Waals surface area contributed by atoms with Crippen molar-refractivity contribution in [3.8, 4) is 11.4 Å². The van der Waals surface area contributed by atoms with Crippen LogP contribution in [0.4, 0.5) is 5.69 Å². The van der Waals surface area contributed by atoms with E-state index in [-0.39, 0.29) is 0 Å². The van der Waals surface area contributed by atoms with Crippen molar-refractivity contribution in [1.82, 2.24) is 14.8 Å². The lowest BCUT2D eigenvalue weighted by atomic mass is 9.89. The minimum Gasteiger partial charge on any atom is -0.398 e. The van der Waals surface area contributed by atoms with Gasteiger partial charge in [0.2, 0.25) is 0 Å². The van der Waals surface area contributed by atoms with Crippen molar-refractivity contribution in [3.05, 3.63) is 29.6 Å². The number of hydrogen-bond acceptors (Lipinski definition) is 3. The van der Waals surface area contributed by atoms with Crippen LogP contribution < -0.4 is 5.73 Å². The number of nitrogens with zero attached hydrogens (tertiary/aromatic N) is 3. The largest absolute Gasteiger partial charge is 0.398 e. The third-order valence-corrected chi connectivity index (χ3v) is 4.28. The van der Waals surface area contributed by atoms with E-state index in [0.29, 0.717) is 5.92 Å². The van der Waals surface area contributed by atoms with Crippen LogP contribution in [-0.4, -0.2) is 14.8 Å². The molecular formula is C16H22N4. The fraction of sp³-hybridized carbons (Fsp3) is 0.500. The molecule has 1 aromatic heterocycles. The number of hydrogen-bond donors (Lipinski definition) is 1. The molecule has 0 aliphatic heterocycles. The van der Waals surface area contributed by atoms with E-state index in [4.69, 9.17) is 10.7 Å². The van der Waals surface area contributed by atoms with Crippen molar-refractivity contribution in [3.63, 3.8) is 0 Å². The zero-order chi connectivity index (χ0) is 14.1. The maximum atomic E-state index is 6.13. The van der Waals surface area contributed by atoms with Gasteiger partial charge in [-0.15, -0.1) is 0 Å². The van der Waals surface area contributed by atoms with Gasteiger partial charge in [0.15, 0.2) is 11.6 Å². The monoisotopic (exact) mass is 270 g/mol. The topological polar surface area (TPSA) is 56.7 Å². The Morgan fingerprint density at radius 3 is 2.65 bits per heavy atom. The van der Waals surface area contributed by atoms with Crippen LogP contribution in [0.2, 0.25) is 0 Å². The highest BCUT2D eigenvalue weighted by Crippen LogP contribution is 2.33. The van der Waals surface area contributed by atoms with Gasteiger partial charge in [-0.05, 0) is 31.4 Å². The number of nitrogen functional groups attached to an aromatic ring is 1. The van der Waals surface area contributed by atoms with Gasteiger partial charge < -0.3 is 5.73 Å². The highest BCUT2D eigenvalue weighted by Gasteiger charge is 2.22. The third-order valence-electron chi connectivity index (χ3n) is 4.28. The highest BCUT2D eigenvalue weighted by molar-refractivity contribution is 5.74. The van der Waals surface area contributed by atoms with Gasteiger partial charge in [-0.3, -0.25) is 0 Å². The lowest BCUT2D eigenvalue weighted by Crippen LogP contribution is -2.06. The number of rotatable bonds is 2. The molecule has 0 radical (unpaired) electrons. The normalized spacial score (nSPS) is 16.5. The quantitative estimate of drug-likeness (QED) is 0.851. The first kappa shape index (κ1) is 13.2. The summed E-state index contributed by atoms with van der Waals surface area (Å²) in [6.45, 7) is 2.07. The Labute approximate surface area is 120 Å². The summed E-state index contributed by atoms with van der Waals surface area (Å²) in [5.74, 6) is 2.40. The van der Waals surface area contributed by atoms with Gasteiger partial charge in [0.1, 0.15) is 0 Å². The van der Waals surface area contributed by atoms with E-state index in [0.717, 1.165) is 28.5 Å². The van der Waals surface area contributed by atoms with Gasteiger partial charge >= 0.3 is 0 Å². The second-order valence-electron chi connectivity index (χ2n) is 5.79. The summed E-state index contributed by atoms with van der Waals surface area (Å²) in [5.41, 5.74) is 9.07. The van der Waals surface area contributed by atoms with E-state index in [9.17, 15) is 0 Å². The van der Waals surface area contributed by atoms with Gasteiger partial charge in [-0.1, -0.05) is 31.4 Å². The van der Waals surface area contributed by atoms with Crippen LogP contribution in [0.25, 0.3) is 11.4 Å². The molecule has 0 unspecified atom stereocenters.